The van der Waals surface area contributed by atoms with Crippen LogP contribution in [0.15, 0.2) is 73.3 Å². The maximum absolute atomic E-state index is 13.1. The van der Waals surface area contributed by atoms with Gasteiger partial charge in [-0.2, -0.15) is 0 Å². The summed E-state index contributed by atoms with van der Waals surface area (Å²) in [7, 11) is 1.63. The van der Waals surface area contributed by atoms with E-state index in [4.69, 9.17) is 9.47 Å². The van der Waals surface area contributed by atoms with E-state index < -0.39 is 0 Å². The molecule has 3 aromatic rings. The van der Waals surface area contributed by atoms with Gasteiger partial charge in [-0.3, -0.25) is 0 Å². The highest BCUT2D eigenvalue weighted by molar-refractivity contribution is 5.52. The van der Waals surface area contributed by atoms with Gasteiger partial charge in [0.1, 0.15) is 12.4 Å². The van der Waals surface area contributed by atoms with Crippen molar-refractivity contribution in [2.24, 2.45) is 0 Å². The van der Waals surface area contributed by atoms with Crippen molar-refractivity contribution in [2.75, 3.05) is 12.4 Å². The number of hydrogen-bond acceptors (Lipinski definition) is 3. The zero-order chi connectivity index (χ0) is 20.6. The summed E-state index contributed by atoms with van der Waals surface area (Å²) in [6.07, 6.45) is 2.50. The number of ether oxygens (including phenoxy) is 2. The number of allylic oxidation sites excluding steroid dienone is 1. The fourth-order valence-electron chi connectivity index (χ4n) is 3.06. The zero-order valence-electron chi connectivity index (χ0n) is 16.9. The number of nitrogens with one attached hydrogen (secondary N) is 1. The largest absolute Gasteiger partial charge is 0.493 e. The minimum absolute atomic E-state index is 0.260. The van der Waals surface area contributed by atoms with Crippen LogP contribution in [-0.4, -0.2) is 7.11 Å². The average molecular weight is 391 g/mol. The maximum Gasteiger partial charge on any atom is 0.165 e. The van der Waals surface area contributed by atoms with Crippen LogP contribution in [0.3, 0.4) is 0 Å². The Morgan fingerprint density at radius 3 is 2.38 bits per heavy atom. The highest BCUT2D eigenvalue weighted by Gasteiger charge is 2.13. The second kappa shape index (κ2) is 9.78. The van der Waals surface area contributed by atoms with Crippen molar-refractivity contribution in [1.82, 2.24) is 0 Å². The number of benzene rings is 3. The van der Waals surface area contributed by atoms with Crippen molar-refractivity contribution in [3.63, 3.8) is 0 Å². The molecule has 1 N–H and O–H groups in total. The lowest BCUT2D eigenvalue weighted by Gasteiger charge is -2.17. The van der Waals surface area contributed by atoms with E-state index in [0.29, 0.717) is 31.1 Å². The van der Waals surface area contributed by atoms with E-state index in [0.717, 1.165) is 22.4 Å². The second-order valence-corrected chi connectivity index (χ2v) is 6.91. The highest BCUT2D eigenvalue weighted by Crippen LogP contribution is 2.34. The molecule has 0 saturated heterocycles. The molecule has 0 aliphatic rings. The van der Waals surface area contributed by atoms with E-state index in [2.05, 4.69) is 49.2 Å². The summed E-state index contributed by atoms with van der Waals surface area (Å²) >= 11 is 0. The third-order valence-electron chi connectivity index (χ3n) is 4.62. The molecule has 4 heteroatoms. The summed E-state index contributed by atoms with van der Waals surface area (Å²) in [4.78, 5) is 0. The summed E-state index contributed by atoms with van der Waals surface area (Å²) in [5, 5.41) is 3.43. The monoisotopic (exact) mass is 391 g/mol. The lowest BCUT2D eigenvalue weighted by molar-refractivity contribution is 0.281. The number of aryl methyl sites for hydroxylation is 1. The van der Waals surface area contributed by atoms with E-state index in [9.17, 15) is 4.39 Å². The Morgan fingerprint density at radius 1 is 1.00 bits per heavy atom. The van der Waals surface area contributed by atoms with Crippen molar-refractivity contribution in [3.05, 3.63) is 101 Å². The molecule has 0 aliphatic carbocycles. The van der Waals surface area contributed by atoms with Gasteiger partial charge >= 0.3 is 0 Å². The molecule has 0 aromatic heterocycles. The van der Waals surface area contributed by atoms with Gasteiger partial charge in [-0.25, -0.2) is 4.39 Å². The molecule has 0 fully saturated rings. The van der Waals surface area contributed by atoms with Crippen LogP contribution in [0.5, 0.6) is 11.5 Å². The molecule has 0 radical (unpaired) electrons. The number of anilines is 1. The predicted octanol–water partition coefficient (Wildman–Crippen LogP) is 6.06. The minimum Gasteiger partial charge on any atom is -0.493 e. The predicted molar refractivity (Wildman–Crippen MR) is 116 cm³/mol. The van der Waals surface area contributed by atoms with Crippen LogP contribution in [0.4, 0.5) is 10.1 Å². The van der Waals surface area contributed by atoms with E-state index in [1.165, 1.54) is 17.7 Å². The van der Waals surface area contributed by atoms with Crippen LogP contribution in [0.2, 0.25) is 0 Å². The van der Waals surface area contributed by atoms with E-state index in [1.54, 1.807) is 19.2 Å². The van der Waals surface area contributed by atoms with Gasteiger partial charge in [-0.05, 0) is 60.9 Å². The topological polar surface area (TPSA) is 30.5 Å². The smallest absolute Gasteiger partial charge is 0.165 e. The van der Waals surface area contributed by atoms with Crippen molar-refractivity contribution in [2.45, 2.75) is 26.5 Å². The first-order valence-electron chi connectivity index (χ1n) is 9.57. The van der Waals surface area contributed by atoms with Crippen LogP contribution >= 0.6 is 0 Å². The first kappa shape index (κ1) is 20.5. The number of rotatable bonds is 9. The Balaban J connectivity index is 1.78. The van der Waals surface area contributed by atoms with Gasteiger partial charge < -0.3 is 14.8 Å². The molecule has 0 bridgehead atoms. The van der Waals surface area contributed by atoms with Gasteiger partial charge in [0.05, 0.1) is 7.11 Å². The lowest BCUT2D eigenvalue weighted by atomic mass is 10.0. The Bertz CT molecular complexity index is 950. The van der Waals surface area contributed by atoms with Crippen LogP contribution in [0, 0.1) is 12.7 Å². The van der Waals surface area contributed by atoms with Gasteiger partial charge in [0.2, 0.25) is 0 Å². The standard InChI is InChI=1S/C25H26FNO2/c1-4-5-21-14-20(16-27-23-12-6-18(2)7-13-23)15-24(28-3)25(21)29-17-19-8-10-22(26)11-9-19/h4,6-15,27H,1,5,16-17H2,2-3H3. The third-order valence-corrected chi connectivity index (χ3v) is 4.62. The third kappa shape index (κ3) is 5.61. The molecule has 0 atom stereocenters. The lowest BCUT2D eigenvalue weighted by Crippen LogP contribution is -2.05. The molecule has 3 aromatic carbocycles. The molecular weight excluding hydrogens is 365 g/mol. The van der Waals surface area contributed by atoms with Crippen molar-refractivity contribution in [3.8, 4) is 11.5 Å². The van der Waals surface area contributed by atoms with Gasteiger partial charge in [0.25, 0.3) is 0 Å². The molecule has 0 amide bonds. The SMILES string of the molecule is C=CCc1cc(CNc2ccc(C)cc2)cc(OC)c1OCc1ccc(F)cc1. The highest BCUT2D eigenvalue weighted by atomic mass is 19.1. The molecule has 0 saturated carbocycles. The van der Waals surface area contributed by atoms with Crippen LogP contribution < -0.4 is 14.8 Å². The fourth-order valence-corrected chi connectivity index (χ4v) is 3.06. The van der Waals surface area contributed by atoms with Crippen molar-refractivity contribution in [1.29, 1.82) is 0 Å². The number of halogens is 1. The molecule has 0 heterocycles. The van der Waals surface area contributed by atoms with Gasteiger partial charge in [0, 0.05) is 17.8 Å². The van der Waals surface area contributed by atoms with Crippen LogP contribution in [0.25, 0.3) is 0 Å². The van der Waals surface area contributed by atoms with Gasteiger partial charge in [-0.15, -0.1) is 6.58 Å². The Morgan fingerprint density at radius 2 is 1.72 bits per heavy atom. The van der Waals surface area contributed by atoms with Crippen molar-refractivity contribution >= 4 is 5.69 Å². The van der Waals surface area contributed by atoms with Crippen LogP contribution in [-0.2, 0) is 19.6 Å². The molecule has 3 nitrogen and oxygen atoms in total. The van der Waals surface area contributed by atoms with E-state index >= 15 is 0 Å². The molecule has 0 aliphatic heterocycles. The summed E-state index contributed by atoms with van der Waals surface area (Å²) in [6.45, 7) is 6.93. The summed E-state index contributed by atoms with van der Waals surface area (Å²) in [5.74, 6) is 1.10. The van der Waals surface area contributed by atoms with Gasteiger partial charge in [0.15, 0.2) is 11.5 Å². The molecule has 29 heavy (non-hydrogen) atoms. The Kier molecular flexibility index (Phi) is 6.90. The maximum atomic E-state index is 13.1. The Hall–Kier alpha value is -3.27. The first-order chi connectivity index (χ1) is 14.1. The minimum atomic E-state index is -0.260. The van der Waals surface area contributed by atoms with E-state index in [-0.39, 0.29) is 5.82 Å². The fraction of sp³-hybridized carbons (Fsp3) is 0.200. The first-order valence-corrected chi connectivity index (χ1v) is 9.57. The quantitative estimate of drug-likeness (QED) is 0.450. The van der Waals surface area contributed by atoms with Crippen LogP contribution in [0.1, 0.15) is 22.3 Å². The van der Waals surface area contributed by atoms with Crippen molar-refractivity contribution < 1.29 is 13.9 Å². The zero-order valence-corrected chi connectivity index (χ0v) is 16.9. The van der Waals surface area contributed by atoms with E-state index in [1.807, 2.05) is 12.1 Å². The summed E-state index contributed by atoms with van der Waals surface area (Å²) in [5.41, 5.74) is 5.28. The average Bonchev–Trinajstić information content (AvgIpc) is 2.73. The molecule has 0 unspecified atom stereocenters. The normalized spacial score (nSPS) is 10.4. The summed E-state index contributed by atoms with van der Waals surface area (Å²) < 4.78 is 24.8. The van der Waals surface area contributed by atoms with Gasteiger partial charge in [-0.1, -0.05) is 35.9 Å². The molecular formula is C25H26FNO2. The second-order valence-electron chi connectivity index (χ2n) is 6.91. The number of methoxy groups -OCH3 is 1. The molecule has 150 valence electrons. The summed E-state index contributed by atoms with van der Waals surface area (Å²) in [6, 6.07) is 18.7. The Labute approximate surface area is 171 Å². The number of hydrogen-bond donors (Lipinski definition) is 1. The molecule has 3 rings (SSSR count). The molecule has 0 spiro atoms.